The Morgan fingerprint density at radius 1 is 1.00 bits per heavy atom. The summed E-state index contributed by atoms with van der Waals surface area (Å²) < 4.78 is 7.14. The van der Waals surface area contributed by atoms with E-state index >= 15 is 0 Å². The van der Waals surface area contributed by atoms with Gasteiger partial charge in [-0.3, -0.25) is 24.1 Å². The van der Waals surface area contributed by atoms with Crippen molar-refractivity contribution in [3.63, 3.8) is 0 Å². The Labute approximate surface area is 275 Å². The number of ether oxygens (including phenoxy) is 1. The van der Waals surface area contributed by atoms with Crippen molar-refractivity contribution in [1.29, 1.82) is 0 Å². The number of thiazole rings is 1. The van der Waals surface area contributed by atoms with E-state index in [-0.39, 0.29) is 64.0 Å². The Bertz CT molecular complexity index is 1740. The van der Waals surface area contributed by atoms with Gasteiger partial charge in [-0.2, -0.15) is 0 Å². The first kappa shape index (κ1) is 28.8. The Morgan fingerprint density at radius 2 is 1.73 bits per heavy atom. The van der Waals surface area contributed by atoms with E-state index in [0.29, 0.717) is 16.5 Å². The fourth-order valence-corrected chi connectivity index (χ4v) is 11.9. The molecular weight excluding hydrogens is 686 g/mol. The van der Waals surface area contributed by atoms with Crippen LogP contribution in [-0.2, 0) is 14.4 Å². The van der Waals surface area contributed by atoms with Crippen molar-refractivity contribution < 1.29 is 19.1 Å². The van der Waals surface area contributed by atoms with Crippen LogP contribution in [0.15, 0.2) is 56.8 Å². The van der Waals surface area contributed by atoms with Crippen LogP contribution in [0.25, 0.3) is 0 Å². The third kappa shape index (κ3) is 4.52. The number of benzene rings is 2. The molecule has 4 fully saturated rings. The van der Waals surface area contributed by atoms with Crippen molar-refractivity contribution >= 4 is 74.0 Å². The van der Waals surface area contributed by atoms with Gasteiger partial charge in [0.2, 0.25) is 11.8 Å². The summed E-state index contributed by atoms with van der Waals surface area (Å²) in [5.74, 6) is -0.742. The molecule has 0 spiro atoms. The normalized spacial score (nSPS) is 30.4. The number of rotatable bonds is 5. The van der Waals surface area contributed by atoms with Crippen LogP contribution in [0.3, 0.4) is 0 Å². The quantitative estimate of drug-likeness (QED) is 0.330. The zero-order valence-electron chi connectivity index (χ0n) is 23.5. The number of nitrogens with one attached hydrogen (secondary N) is 1. The van der Waals surface area contributed by atoms with Crippen molar-refractivity contribution in [3.8, 4) is 5.75 Å². The highest BCUT2D eigenvalue weighted by Gasteiger charge is 2.69. The molecule has 3 aromatic rings. The second-order valence-electron chi connectivity index (χ2n) is 12.4. The van der Waals surface area contributed by atoms with Crippen LogP contribution < -0.4 is 14.5 Å². The van der Waals surface area contributed by atoms with E-state index in [1.54, 1.807) is 36.0 Å². The summed E-state index contributed by atoms with van der Waals surface area (Å²) in [6.45, 7) is 1.45. The molecule has 44 heavy (non-hydrogen) atoms. The summed E-state index contributed by atoms with van der Waals surface area (Å²) in [6.07, 6.45) is 3.95. The van der Waals surface area contributed by atoms with Crippen molar-refractivity contribution in [1.82, 2.24) is 9.88 Å². The van der Waals surface area contributed by atoms with Gasteiger partial charge in [-0.05, 0) is 85.9 Å². The third-order valence-corrected chi connectivity index (χ3v) is 13.5. The molecule has 1 N–H and O–H groups in total. The van der Waals surface area contributed by atoms with E-state index in [9.17, 15) is 19.2 Å². The lowest BCUT2D eigenvalue weighted by Gasteiger charge is -2.43. The van der Waals surface area contributed by atoms with Gasteiger partial charge in [-0.25, -0.2) is 0 Å². The van der Waals surface area contributed by atoms with Crippen molar-refractivity contribution in [3.05, 3.63) is 72.1 Å². The molecule has 2 saturated carbocycles. The molecule has 2 bridgehead atoms. The van der Waals surface area contributed by atoms with Gasteiger partial charge >= 0.3 is 4.87 Å². The average Bonchev–Trinajstić information content (AvgIpc) is 3.76. The summed E-state index contributed by atoms with van der Waals surface area (Å²) in [7, 11) is 0. The first-order chi connectivity index (χ1) is 21.3. The molecule has 8 nitrogen and oxygen atoms in total. The molecule has 3 aliphatic heterocycles. The Morgan fingerprint density at radius 3 is 2.48 bits per heavy atom. The number of aromatic nitrogens is 1. The van der Waals surface area contributed by atoms with Gasteiger partial charge in [0.05, 0.1) is 22.5 Å². The number of carbonyl (C=O) groups is 3. The summed E-state index contributed by atoms with van der Waals surface area (Å²) in [5.41, 5.74) is 1.45. The van der Waals surface area contributed by atoms with Crippen LogP contribution in [-0.4, -0.2) is 52.6 Å². The van der Waals surface area contributed by atoms with Gasteiger partial charge in [0.25, 0.3) is 5.91 Å². The Hall–Kier alpha value is -2.60. The highest BCUT2D eigenvalue weighted by molar-refractivity contribution is 9.10. The standard InChI is InChI=1S/C32H29BrClN3O5S2/c33-15-4-9-21(42-14-22(38)36-10-2-1-3-11-36)18(12-15)23-24-19-13-20(27(24)43-29-28(23)44-32(41)35-29)26-25(19)30(39)37(31(26)40)17-7-5-16(34)6-8-17/h4-9,12,19-20,23-27H,1-3,10-11,13-14H2,(H,35,41)/t19?,20?,23-,24?,25?,26?,27?/m1/s1. The number of piperidine rings is 1. The Kier molecular flexibility index (Phi) is 7.23. The van der Waals surface area contributed by atoms with Gasteiger partial charge in [-0.15, -0.1) is 11.8 Å². The number of halogens is 2. The Balaban J connectivity index is 1.16. The molecule has 1 aromatic heterocycles. The van der Waals surface area contributed by atoms with E-state index in [1.807, 2.05) is 23.1 Å². The number of fused-ring (bicyclic) bond motifs is 9. The number of likely N-dealkylation sites (tertiary alicyclic amines) is 1. The molecular formula is C32H29BrClN3O5S2. The van der Waals surface area contributed by atoms with Gasteiger partial charge < -0.3 is 14.6 Å². The molecule has 2 saturated heterocycles. The fraction of sp³-hybridized carbons (Fsp3) is 0.438. The molecule has 3 amide bonds. The molecule has 5 aliphatic rings. The molecule has 228 valence electrons. The number of hydrogen-bond acceptors (Lipinski definition) is 7. The van der Waals surface area contributed by atoms with E-state index in [4.69, 9.17) is 16.3 Å². The van der Waals surface area contributed by atoms with Crippen molar-refractivity contribution in [2.24, 2.45) is 29.6 Å². The SMILES string of the molecule is O=C(COc1ccc(Br)cc1[C@H]1c2sc(=O)[nH]c2SC2C3CC(C4C(=O)N(c5ccc(Cl)cc5)C(=O)C34)C21)N1CCCCC1. The number of aromatic amines is 1. The van der Waals surface area contributed by atoms with Crippen molar-refractivity contribution in [2.45, 2.75) is 41.9 Å². The van der Waals surface area contributed by atoms with E-state index < -0.39 is 5.92 Å². The van der Waals surface area contributed by atoms with E-state index in [1.165, 1.54) is 16.2 Å². The molecule has 6 unspecified atom stereocenters. The summed E-state index contributed by atoms with van der Waals surface area (Å²) in [5, 5.41) is 1.42. The zero-order chi connectivity index (χ0) is 30.3. The number of thioether (sulfide) groups is 1. The van der Waals surface area contributed by atoms with Gasteiger partial charge in [0.15, 0.2) is 6.61 Å². The number of anilines is 1. The van der Waals surface area contributed by atoms with Crippen LogP contribution in [0.4, 0.5) is 5.69 Å². The first-order valence-corrected chi connectivity index (χ1v) is 17.9. The molecule has 2 aromatic carbocycles. The zero-order valence-corrected chi connectivity index (χ0v) is 27.5. The smallest absolute Gasteiger partial charge is 0.305 e. The number of H-pyrrole nitrogens is 1. The van der Waals surface area contributed by atoms with Gasteiger partial charge in [-0.1, -0.05) is 38.9 Å². The molecule has 12 heteroatoms. The third-order valence-electron chi connectivity index (χ3n) is 10.2. The minimum atomic E-state index is -0.415. The maximum atomic E-state index is 14.0. The van der Waals surface area contributed by atoms with Crippen LogP contribution in [0.2, 0.25) is 5.02 Å². The van der Waals surface area contributed by atoms with E-state index in [2.05, 4.69) is 20.9 Å². The largest absolute Gasteiger partial charge is 0.483 e. The predicted octanol–water partition coefficient (Wildman–Crippen LogP) is 5.92. The lowest BCUT2D eigenvalue weighted by atomic mass is 9.68. The highest BCUT2D eigenvalue weighted by atomic mass is 79.9. The summed E-state index contributed by atoms with van der Waals surface area (Å²) in [6, 6.07) is 12.7. The second-order valence-corrected chi connectivity index (χ2v) is 15.9. The molecule has 7 atom stereocenters. The summed E-state index contributed by atoms with van der Waals surface area (Å²) in [4.78, 5) is 60.8. The number of amides is 3. The van der Waals surface area contributed by atoms with E-state index in [0.717, 1.165) is 58.7 Å². The van der Waals surface area contributed by atoms with Crippen LogP contribution in [0.1, 0.15) is 42.0 Å². The highest BCUT2D eigenvalue weighted by Crippen LogP contribution is 2.69. The molecule has 4 heterocycles. The predicted molar refractivity (Wildman–Crippen MR) is 173 cm³/mol. The first-order valence-electron chi connectivity index (χ1n) is 15.0. The number of imide groups is 1. The van der Waals surface area contributed by atoms with Gasteiger partial charge in [0.1, 0.15) is 5.75 Å². The second kappa shape index (κ2) is 11.0. The molecule has 8 rings (SSSR count). The van der Waals surface area contributed by atoms with Crippen LogP contribution in [0.5, 0.6) is 5.75 Å². The topological polar surface area (TPSA) is 99.8 Å². The minimum Gasteiger partial charge on any atom is -0.483 e. The minimum absolute atomic E-state index is 0.00463. The number of carbonyl (C=O) groups excluding carboxylic acids is 3. The number of nitrogens with zero attached hydrogens (tertiary/aromatic N) is 2. The fourth-order valence-electron chi connectivity index (χ4n) is 8.48. The van der Waals surface area contributed by atoms with Gasteiger partial charge in [0, 0.05) is 44.2 Å². The lowest BCUT2D eigenvalue weighted by Crippen LogP contribution is -2.43. The monoisotopic (exact) mass is 713 g/mol. The summed E-state index contributed by atoms with van der Waals surface area (Å²) >= 11 is 12.6. The van der Waals surface area contributed by atoms with Crippen LogP contribution in [0, 0.1) is 29.6 Å². The number of hydrogen-bond donors (Lipinski definition) is 1. The maximum absolute atomic E-state index is 14.0. The van der Waals surface area contributed by atoms with Crippen LogP contribution >= 0.6 is 50.6 Å². The molecule has 0 radical (unpaired) electrons. The average molecular weight is 715 g/mol. The lowest BCUT2D eigenvalue weighted by molar-refractivity contribution is -0.134. The maximum Gasteiger partial charge on any atom is 0.305 e. The van der Waals surface area contributed by atoms with Crippen molar-refractivity contribution in [2.75, 3.05) is 24.6 Å². The molecule has 2 aliphatic carbocycles.